The number of hydrogen-bond acceptors (Lipinski definition) is 3. The van der Waals surface area contributed by atoms with Crippen LogP contribution in [-0.2, 0) is 16.6 Å². The van der Waals surface area contributed by atoms with Crippen molar-refractivity contribution in [1.29, 1.82) is 0 Å². The average Bonchev–Trinajstić information content (AvgIpc) is 2.48. The van der Waals surface area contributed by atoms with Gasteiger partial charge >= 0.3 is 0 Å². The molecule has 2 aromatic rings. The fourth-order valence-corrected chi connectivity index (χ4v) is 3.56. The monoisotopic (exact) mass is 328 g/mol. The Kier molecular flexibility index (Phi) is 5.27. The number of pyridine rings is 1. The first-order chi connectivity index (χ1) is 10.1. The van der Waals surface area contributed by atoms with E-state index in [1.54, 1.807) is 12.1 Å². The van der Waals surface area contributed by atoms with Gasteiger partial charge < -0.3 is 0 Å². The Labute approximate surface area is 128 Å². The Morgan fingerprint density at radius 1 is 1.14 bits per heavy atom. The molecule has 0 aliphatic carbocycles. The normalized spacial score (nSPS) is 11.8. The predicted octanol–water partition coefficient (Wildman–Crippen LogP) is 2.65. The maximum absolute atomic E-state index is 13.7. The van der Waals surface area contributed by atoms with Gasteiger partial charge in [0, 0.05) is 25.2 Å². The zero-order valence-electron chi connectivity index (χ0n) is 11.1. The van der Waals surface area contributed by atoms with Gasteiger partial charge in [0.1, 0.15) is 0 Å². The molecule has 1 aromatic heterocycles. The lowest BCUT2D eigenvalue weighted by atomic mass is 10.2. The molecule has 0 aliphatic heterocycles. The highest BCUT2D eigenvalue weighted by Gasteiger charge is 2.28. The van der Waals surface area contributed by atoms with Crippen molar-refractivity contribution < 1.29 is 12.8 Å². The van der Waals surface area contributed by atoms with Gasteiger partial charge in [0.2, 0.25) is 5.03 Å². The van der Waals surface area contributed by atoms with Gasteiger partial charge in [-0.1, -0.05) is 30.3 Å². The molecule has 0 spiro atoms. The van der Waals surface area contributed by atoms with E-state index in [0.717, 1.165) is 15.9 Å². The number of nitrogens with zero attached hydrogens (tertiary/aromatic N) is 2. The summed E-state index contributed by atoms with van der Waals surface area (Å²) in [6.45, 7) is 0.195. The molecule has 7 heteroatoms. The summed E-state index contributed by atoms with van der Waals surface area (Å²) in [7, 11) is -4.03. The van der Waals surface area contributed by atoms with Crippen LogP contribution in [0.1, 0.15) is 5.56 Å². The summed E-state index contributed by atoms with van der Waals surface area (Å²) >= 11 is 5.68. The van der Waals surface area contributed by atoms with Gasteiger partial charge in [-0.25, -0.2) is 17.8 Å². The van der Waals surface area contributed by atoms with E-state index in [2.05, 4.69) is 4.98 Å². The van der Waals surface area contributed by atoms with Crippen molar-refractivity contribution in [3.8, 4) is 0 Å². The van der Waals surface area contributed by atoms with Crippen LogP contribution in [0.2, 0.25) is 0 Å². The number of benzene rings is 1. The molecule has 112 valence electrons. The lowest BCUT2D eigenvalue weighted by Gasteiger charge is -2.21. The van der Waals surface area contributed by atoms with E-state index >= 15 is 0 Å². The second kappa shape index (κ2) is 6.98. The van der Waals surface area contributed by atoms with Crippen LogP contribution in [0, 0.1) is 5.82 Å². The minimum absolute atomic E-state index is 0.0782. The summed E-state index contributed by atoms with van der Waals surface area (Å²) in [4.78, 5) is 3.65. The number of sulfonamides is 1. The fourth-order valence-electron chi connectivity index (χ4n) is 1.85. The largest absolute Gasteiger partial charge is 0.263 e. The lowest BCUT2D eigenvalue weighted by molar-refractivity contribution is 0.417. The molecule has 0 bridgehead atoms. The van der Waals surface area contributed by atoms with E-state index in [-0.39, 0.29) is 19.0 Å². The van der Waals surface area contributed by atoms with E-state index in [1.807, 2.05) is 18.2 Å². The minimum atomic E-state index is -4.03. The predicted molar refractivity (Wildman–Crippen MR) is 79.0 cm³/mol. The Hall–Kier alpha value is -1.50. The van der Waals surface area contributed by atoms with Gasteiger partial charge in [-0.05, 0) is 17.7 Å². The van der Waals surface area contributed by atoms with Crippen LogP contribution >= 0.6 is 11.6 Å². The summed E-state index contributed by atoms with van der Waals surface area (Å²) in [5.74, 6) is -0.759. The average molecular weight is 329 g/mol. The first-order valence-corrected chi connectivity index (χ1v) is 8.23. The van der Waals surface area contributed by atoms with Gasteiger partial charge in [-0.15, -0.1) is 11.6 Å². The fraction of sp³-hybridized carbons (Fsp3) is 0.214. The Morgan fingerprint density at radius 2 is 1.86 bits per heavy atom. The molecule has 0 fully saturated rings. The third-order valence-electron chi connectivity index (χ3n) is 2.84. The number of alkyl halides is 1. The van der Waals surface area contributed by atoms with Crippen molar-refractivity contribution in [1.82, 2.24) is 9.29 Å². The molecule has 0 saturated carbocycles. The molecule has 0 unspecified atom stereocenters. The summed E-state index contributed by atoms with van der Waals surface area (Å²) in [6, 6.07) is 11.5. The van der Waals surface area contributed by atoms with Crippen LogP contribution in [0.25, 0.3) is 0 Å². The second-order valence-corrected chi connectivity index (χ2v) is 6.53. The van der Waals surface area contributed by atoms with Crippen molar-refractivity contribution in [3.63, 3.8) is 0 Å². The molecular formula is C14H14ClFN2O2S. The molecule has 2 rings (SSSR count). The van der Waals surface area contributed by atoms with Crippen LogP contribution in [0.4, 0.5) is 4.39 Å². The SMILES string of the molecule is O=S(=O)(c1ncccc1F)N(CCCl)Cc1ccccc1. The van der Waals surface area contributed by atoms with Crippen molar-refractivity contribution in [2.45, 2.75) is 11.6 Å². The van der Waals surface area contributed by atoms with Gasteiger partial charge in [-0.2, -0.15) is 4.31 Å². The summed E-state index contributed by atoms with van der Waals surface area (Å²) in [6.07, 6.45) is 1.25. The van der Waals surface area contributed by atoms with Crippen LogP contribution in [0.15, 0.2) is 53.7 Å². The van der Waals surface area contributed by atoms with E-state index < -0.39 is 20.9 Å². The van der Waals surface area contributed by atoms with Gasteiger partial charge in [-0.3, -0.25) is 0 Å². The van der Waals surface area contributed by atoms with Gasteiger partial charge in [0.25, 0.3) is 10.0 Å². The lowest BCUT2D eigenvalue weighted by Crippen LogP contribution is -2.33. The first-order valence-electron chi connectivity index (χ1n) is 6.26. The zero-order valence-corrected chi connectivity index (χ0v) is 12.7. The quantitative estimate of drug-likeness (QED) is 0.766. The third kappa shape index (κ3) is 3.78. The van der Waals surface area contributed by atoms with Crippen molar-refractivity contribution in [2.75, 3.05) is 12.4 Å². The number of aromatic nitrogens is 1. The maximum Gasteiger partial charge on any atom is 0.263 e. The minimum Gasteiger partial charge on any atom is -0.241 e. The van der Waals surface area contributed by atoms with Gasteiger partial charge in [0.15, 0.2) is 5.82 Å². The highest BCUT2D eigenvalue weighted by molar-refractivity contribution is 7.89. The van der Waals surface area contributed by atoms with E-state index in [9.17, 15) is 12.8 Å². The molecule has 0 amide bonds. The van der Waals surface area contributed by atoms with Gasteiger partial charge in [0.05, 0.1) is 0 Å². The molecule has 0 N–H and O–H groups in total. The number of hydrogen-bond donors (Lipinski definition) is 0. The molecule has 0 saturated heterocycles. The van der Waals surface area contributed by atoms with Crippen molar-refractivity contribution in [2.24, 2.45) is 0 Å². The first kappa shape index (κ1) is 15.9. The topological polar surface area (TPSA) is 50.3 Å². The maximum atomic E-state index is 13.7. The molecule has 1 aromatic carbocycles. The summed E-state index contributed by atoms with van der Waals surface area (Å²) in [5, 5.41) is -0.578. The van der Waals surface area contributed by atoms with E-state index in [4.69, 9.17) is 11.6 Å². The Bertz CT molecular complexity index is 695. The van der Waals surface area contributed by atoms with Crippen molar-refractivity contribution >= 4 is 21.6 Å². The molecule has 0 atom stereocenters. The highest BCUT2D eigenvalue weighted by atomic mass is 35.5. The molecule has 0 aliphatic rings. The summed E-state index contributed by atoms with van der Waals surface area (Å²) < 4.78 is 39.9. The number of rotatable bonds is 6. The molecule has 0 radical (unpaired) electrons. The van der Waals surface area contributed by atoms with Crippen LogP contribution in [0.5, 0.6) is 0 Å². The molecule has 21 heavy (non-hydrogen) atoms. The second-order valence-electron chi connectivity index (χ2n) is 4.30. The van der Waals surface area contributed by atoms with E-state index in [0.29, 0.717) is 0 Å². The third-order valence-corrected chi connectivity index (χ3v) is 4.79. The van der Waals surface area contributed by atoms with Crippen LogP contribution in [0.3, 0.4) is 0 Å². The van der Waals surface area contributed by atoms with Crippen molar-refractivity contribution in [3.05, 3.63) is 60.0 Å². The zero-order chi connectivity index (χ0) is 15.3. The van der Waals surface area contributed by atoms with Crippen LogP contribution in [-0.4, -0.2) is 30.1 Å². The highest BCUT2D eigenvalue weighted by Crippen LogP contribution is 2.19. The molecule has 4 nitrogen and oxygen atoms in total. The van der Waals surface area contributed by atoms with Crippen LogP contribution < -0.4 is 0 Å². The molecule has 1 heterocycles. The smallest absolute Gasteiger partial charge is 0.241 e. The molecular weight excluding hydrogens is 315 g/mol. The van der Waals surface area contributed by atoms with E-state index in [1.165, 1.54) is 12.3 Å². The summed E-state index contributed by atoms with van der Waals surface area (Å²) in [5.41, 5.74) is 0.794. The number of halogens is 2. The standard InChI is InChI=1S/C14H14ClFN2O2S/c15-8-10-18(11-12-5-2-1-3-6-12)21(19,20)14-13(16)7-4-9-17-14/h1-7,9H,8,10-11H2. The Morgan fingerprint density at radius 3 is 2.48 bits per heavy atom. The Balaban J connectivity index is 2.35.